The van der Waals surface area contributed by atoms with Crippen LogP contribution in [0.25, 0.3) is 0 Å². The maximum Gasteiger partial charge on any atom is 0.00793 e. The standard InChI is InChI=1S/C12H24N2/c1-10-4-2-3-8-14(10)9-7-12(13)11-5-6-11/h10-12H,2-9,13H2,1H3. The molecule has 1 saturated carbocycles. The molecule has 0 aromatic rings. The molecule has 2 fully saturated rings. The molecule has 2 nitrogen and oxygen atoms in total. The van der Waals surface area contributed by atoms with E-state index in [-0.39, 0.29) is 0 Å². The average molecular weight is 196 g/mol. The van der Waals surface area contributed by atoms with E-state index in [4.69, 9.17) is 5.73 Å². The minimum absolute atomic E-state index is 0.490. The van der Waals surface area contributed by atoms with Gasteiger partial charge in [-0.05, 0) is 58.0 Å². The lowest BCUT2D eigenvalue weighted by Crippen LogP contribution is -2.40. The number of hydrogen-bond acceptors (Lipinski definition) is 2. The van der Waals surface area contributed by atoms with Gasteiger partial charge in [-0.25, -0.2) is 0 Å². The van der Waals surface area contributed by atoms with Gasteiger partial charge < -0.3 is 10.6 Å². The molecule has 2 N–H and O–H groups in total. The largest absolute Gasteiger partial charge is 0.327 e. The highest BCUT2D eigenvalue weighted by Crippen LogP contribution is 2.33. The third-order valence-electron chi connectivity index (χ3n) is 3.92. The van der Waals surface area contributed by atoms with Crippen molar-refractivity contribution in [2.45, 2.75) is 57.5 Å². The topological polar surface area (TPSA) is 29.3 Å². The average Bonchev–Trinajstić information content (AvgIpc) is 2.99. The monoisotopic (exact) mass is 196 g/mol. The van der Waals surface area contributed by atoms with Gasteiger partial charge >= 0.3 is 0 Å². The molecule has 0 amide bonds. The van der Waals surface area contributed by atoms with Crippen LogP contribution in [0.5, 0.6) is 0 Å². The molecule has 0 radical (unpaired) electrons. The van der Waals surface area contributed by atoms with E-state index in [2.05, 4.69) is 11.8 Å². The van der Waals surface area contributed by atoms with Crippen LogP contribution in [0.4, 0.5) is 0 Å². The summed E-state index contributed by atoms with van der Waals surface area (Å²) < 4.78 is 0. The fraction of sp³-hybridized carbons (Fsp3) is 1.00. The fourth-order valence-corrected chi connectivity index (χ4v) is 2.56. The summed E-state index contributed by atoms with van der Waals surface area (Å²) in [5.74, 6) is 0.870. The molecule has 2 heteroatoms. The zero-order valence-corrected chi connectivity index (χ0v) is 9.41. The first-order valence-electron chi connectivity index (χ1n) is 6.27. The molecule has 2 unspecified atom stereocenters. The van der Waals surface area contributed by atoms with Crippen molar-refractivity contribution in [1.82, 2.24) is 4.90 Å². The van der Waals surface area contributed by atoms with E-state index in [1.807, 2.05) is 0 Å². The third-order valence-corrected chi connectivity index (χ3v) is 3.92. The Morgan fingerprint density at radius 2 is 2.07 bits per heavy atom. The summed E-state index contributed by atoms with van der Waals surface area (Å²) in [5.41, 5.74) is 6.11. The minimum atomic E-state index is 0.490. The number of hydrogen-bond donors (Lipinski definition) is 1. The lowest BCUT2D eigenvalue weighted by atomic mass is 10.0. The van der Waals surface area contributed by atoms with E-state index in [9.17, 15) is 0 Å². The molecule has 1 heterocycles. The van der Waals surface area contributed by atoms with Crippen LogP contribution in [-0.2, 0) is 0 Å². The highest BCUT2D eigenvalue weighted by molar-refractivity contribution is 4.85. The van der Waals surface area contributed by atoms with Crippen molar-refractivity contribution in [2.24, 2.45) is 11.7 Å². The van der Waals surface area contributed by atoms with Gasteiger partial charge in [0.25, 0.3) is 0 Å². The fourth-order valence-electron chi connectivity index (χ4n) is 2.56. The Morgan fingerprint density at radius 1 is 1.29 bits per heavy atom. The number of likely N-dealkylation sites (tertiary alicyclic amines) is 1. The maximum atomic E-state index is 6.11. The molecule has 1 aliphatic carbocycles. The highest BCUT2D eigenvalue weighted by Gasteiger charge is 2.29. The molecule has 0 aromatic carbocycles. The van der Waals surface area contributed by atoms with Crippen LogP contribution in [-0.4, -0.2) is 30.1 Å². The highest BCUT2D eigenvalue weighted by atomic mass is 15.2. The number of nitrogens with zero attached hydrogens (tertiary/aromatic N) is 1. The van der Waals surface area contributed by atoms with E-state index in [1.165, 1.54) is 51.6 Å². The third kappa shape index (κ3) is 2.71. The van der Waals surface area contributed by atoms with Crippen LogP contribution in [0.2, 0.25) is 0 Å². The quantitative estimate of drug-likeness (QED) is 0.745. The number of piperidine rings is 1. The van der Waals surface area contributed by atoms with Gasteiger partial charge in [-0.2, -0.15) is 0 Å². The Bertz CT molecular complexity index is 177. The summed E-state index contributed by atoms with van der Waals surface area (Å²) in [5, 5.41) is 0. The second-order valence-electron chi connectivity index (χ2n) is 5.17. The minimum Gasteiger partial charge on any atom is -0.327 e. The molecule has 0 spiro atoms. The van der Waals surface area contributed by atoms with E-state index in [0.717, 1.165) is 12.0 Å². The van der Waals surface area contributed by atoms with E-state index in [0.29, 0.717) is 6.04 Å². The predicted molar refractivity (Wildman–Crippen MR) is 60.2 cm³/mol. The summed E-state index contributed by atoms with van der Waals surface area (Å²) in [4.78, 5) is 2.63. The maximum absolute atomic E-state index is 6.11. The molecule has 0 bridgehead atoms. The Hall–Kier alpha value is -0.0800. The molecule has 1 aliphatic heterocycles. The first-order chi connectivity index (χ1) is 6.77. The second-order valence-corrected chi connectivity index (χ2v) is 5.17. The van der Waals surface area contributed by atoms with Gasteiger partial charge in [0.2, 0.25) is 0 Å². The van der Waals surface area contributed by atoms with Crippen molar-refractivity contribution in [3.63, 3.8) is 0 Å². The summed E-state index contributed by atoms with van der Waals surface area (Å²) in [6.07, 6.45) is 8.19. The Kier molecular flexibility index (Phi) is 3.45. The van der Waals surface area contributed by atoms with Crippen LogP contribution in [0.1, 0.15) is 45.4 Å². The lowest BCUT2D eigenvalue weighted by Gasteiger charge is -2.33. The van der Waals surface area contributed by atoms with Gasteiger partial charge in [-0.3, -0.25) is 0 Å². The zero-order valence-electron chi connectivity index (χ0n) is 9.41. The Balaban J connectivity index is 1.67. The van der Waals surface area contributed by atoms with Gasteiger partial charge in [0.15, 0.2) is 0 Å². The number of rotatable bonds is 4. The molecule has 2 atom stereocenters. The van der Waals surface area contributed by atoms with Crippen molar-refractivity contribution in [2.75, 3.05) is 13.1 Å². The molecule has 82 valence electrons. The summed E-state index contributed by atoms with van der Waals surface area (Å²) in [6, 6.07) is 1.29. The van der Waals surface area contributed by atoms with E-state index >= 15 is 0 Å². The van der Waals surface area contributed by atoms with Gasteiger partial charge in [0.05, 0.1) is 0 Å². The van der Waals surface area contributed by atoms with Crippen LogP contribution in [0, 0.1) is 5.92 Å². The van der Waals surface area contributed by atoms with Crippen molar-refractivity contribution >= 4 is 0 Å². The number of nitrogens with two attached hydrogens (primary N) is 1. The molecular formula is C12H24N2. The summed E-state index contributed by atoms with van der Waals surface area (Å²) in [7, 11) is 0. The lowest BCUT2D eigenvalue weighted by molar-refractivity contribution is 0.154. The SMILES string of the molecule is CC1CCCCN1CCC(N)C1CC1. The Morgan fingerprint density at radius 3 is 2.71 bits per heavy atom. The van der Waals surface area contributed by atoms with Gasteiger partial charge in [0, 0.05) is 12.1 Å². The molecule has 0 aromatic heterocycles. The van der Waals surface area contributed by atoms with Crippen molar-refractivity contribution in [3.05, 3.63) is 0 Å². The second kappa shape index (κ2) is 4.63. The molecular weight excluding hydrogens is 172 g/mol. The van der Waals surface area contributed by atoms with E-state index < -0.39 is 0 Å². The molecule has 14 heavy (non-hydrogen) atoms. The van der Waals surface area contributed by atoms with Crippen molar-refractivity contribution < 1.29 is 0 Å². The van der Waals surface area contributed by atoms with Crippen LogP contribution < -0.4 is 5.73 Å². The first-order valence-corrected chi connectivity index (χ1v) is 6.27. The van der Waals surface area contributed by atoms with Crippen LogP contribution in [0.15, 0.2) is 0 Å². The smallest absolute Gasteiger partial charge is 0.00793 e. The van der Waals surface area contributed by atoms with Gasteiger partial charge in [-0.15, -0.1) is 0 Å². The normalized spacial score (nSPS) is 31.7. The summed E-state index contributed by atoms with van der Waals surface area (Å²) in [6.45, 7) is 4.90. The molecule has 1 saturated heterocycles. The van der Waals surface area contributed by atoms with Gasteiger partial charge in [-0.1, -0.05) is 6.42 Å². The Labute approximate surface area is 87.8 Å². The zero-order chi connectivity index (χ0) is 9.97. The van der Waals surface area contributed by atoms with Crippen LogP contribution in [0.3, 0.4) is 0 Å². The summed E-state index contributed by atoms with van der Waals surface area (Å²) >= 11 is 0. The van der Waals surface area contributed by atoms with Crippen molar-refractivity contribution in [1.29, 1.82) is 0 Å². The molecule has 2 rings (SSSR count). The van der Waals surface area contributed by atoms with E-state index in [1.54, 1.807) is 0 Å². The van der Waals surface area contributed by atoms with Gasteiger partial charge in [0.1, 0.15) is 0 Å². The molecule has 2 aliphatic rings. The predicted octanol–water partition coefficient (Wildman–Crippen LogP) is 1.99. The van der Waals surface area contributed by atoms with Crippen LogP contribution >= 0.6 is 0 Å². The first kappa shape index (κ1) is 10.4. The van der Waals surface area contributed by atoms with Crippen molar-refractivity contribution in [3.8, 4) is 0 Å².